The Morgan fingerprint density at radius 3 is 2.31 bits per heavy atom. The molecule has 0 unspecified atom stereocenters. The van der Waals surface area contributed by atoms with Crippen LogP contribution in [-0.4, -0.2) is 66.1 Å². The van der Waals surface area contributed by atoms with Crippen molar-refractivity contribution in [1.82, 2.24) is 14.4 Å². The molecule has 0 saturated heterocycles. The Morgan fingerprint density at radius 2 is 1.79 bits per heavy atom. The summed E-state index contributed by atoms with van der Waals surface area (Å²) in [5.41, 5.74) is 1.55. The standard InChI is InChI=1S/C22H31N3O4/c1-17(2)25(22(27)18-8-10-20(29-5)11-9-18)16-21(26)24(13-14-28-4)15-19-7-6-12-23(19)3/h6-12,17H,13-16H2,1-5H3. The fraction of sp³-hybridized carbons (Fsp3) is 0.455. The van der Waals surface area contributed by atoms with E-state index in [0.29, 0.717) is 31.0 Å². The Kier molecular flexibility index (Phi) is 8.27. The van der Waals surface area contributed by atoms with Crippen LogP contribution in [0, 0.1) is 0 Å². The van der Waals surface area contributed by atoms with E-state index in [-0.39, 0.29) is 24.4 Å². The van der Waals surface area contributed by atoms with Crippen LogP contribution in [-0.2, 0) is 23.1 Å². The van der Waals surface area contributed by atoms with Gasteiger partial charge in [-0.2, -0.15) is 0 Å². The highest BCUT2D eigenvalue weighted by Crippen LogP contribution is 2.15. The van der Waals surface area contributed by atoms with Gasteiger partial charge in [-0.25, -0.2) is 0 Å². The molecule has 158 valence electrons. The van der Waals surface area contributed by atoms with Crippen LogP contribution in [0.3, 0.4) is 0 Å². The molecule has 0 N–H and O–H groups in total. The van der Waals surface area contributed by atoms with Gasteiger partial charge >= 0.3 is 0 Å². The molecule has 0 fully saturated rings. The summed E-state index contributed by atoms with van der Waals surface area (Å²) in [4.78, 5) is 29.4. The number of rotatable bonds is 10. The number of methoxy groups -OCH3 is 2. The predicted molar refractivity (Wildman–Crippen MR) is 112 cm³/mol. The van der Waals surface area contributed by atoms with Crippen LogP contribution in [0.15, 0.2) is 42.6 Å². The molecule has 7 heteroatoms. The van der Waals surface area contributed by atoms with Crippen molar-refractivity contribution in [2.45, 2.75) is 26.4 Å². The van der Waals surface area contributed by atoms with Crippen molar-refractivity contribution in [1.29, 1.82) is 0 Å². The zero-order chi connectivity index (χ0) is 21.4. The number of amides is 2. The molecule has 29 heavy (non-hydrogen) atoms. The second-order valence-corrected chi connectivity index (χ2v) is 7.17. The minimum Gasteiger partial charge on any atom is -0.497 e. The van der Waals surface area contributed by atoms with Crippen molar-refractivity contribution in [3.8, 4) is 5.75 Å². The molecule has 2 amide bonds. The van der Waals surface area contributed by atoms with E-state index in [1.165, 1.54) is 0 Å². The minimum atomic E-state index is -0.179. The fourth-order valence-corrected chi connectivity index (χ4v) is 2.98. The number of aromatic nitrogens is 1. The van der Waals surface area contributed by atoms with Crippen LogP contribution < -0.4 is 4.74 Å². The second kappa shape index (κ2) is 10.7. The number of carbonyl (C=O) groups excluding carboxylic acids is 2. The Bertz CT molecular complexity index is 799. The average molecular weight is 402 g/mol. The van der Waals surface area contributed by atoms with Crippen LogP contribution >= 0.6 is 0 Å². The number of benzene rings is 1. The van der Waals surface area contributed by atoms with Gasteiger partial charge in [0.1, 0.15) is 12.3 Å². The molecular formula is C22H31N3O4. The van der Waals surface area contributed by atoms with E-state index in [1.54, 1.807) is 48.3 Å². The van der Waals surface area contributed by atoms with Crippen LogP contribution in [0.4, 0.5) is 0 Å². The predicted octanol–water partition coefficient (Wildman–Crippen LogP) is 2.56. The summed E-state index contributed by atoms with van der Waals surface area (Å²) >= 11 is 0. The number of aryl methyl sites for hydroxylation is 1. The van der Waals surface area contributed by atoms with Gasteiger partial charge in [0, 0.05) is 44.2 Å². The van der Waals surface area contributed by atoms with E-state index in [9.17, 15) is 9.59 Å². The maximum Gasteiger partial charge on any atom is 0.254 e. The second-order valence-electron chi connectivity index (χ2n) is 7.17. The van der Waals surface area contributed by atoms with Crippen LogP contribution in [0.5, 0.6) is 5.75 Å². The molecule has 0 spiro atoms. The van der Waals surface area contributed by atoms with Gasteiger partial charge in [-0.05, 0) is 50.2 Å². The molecular weight excluding hydrogens is 370 g/mol. The van der Waals surface area contributed by atoms with E-state index >= 15 is 0 Å². The summed E-state index contributed by atoms with van der Waals surface area (Å²) in [5, 5.41) is 0. The van der Waals surface area contributed by atoms with Crippen LogP contribution in [0.2, 0.25) is 0 Å². The lowest BCUT2D eigenvalue weighted by Crippen LogP contribution is -2.46. The Hall–Kier alpha value is -2.80. The average Bonchev–Trinajstić information content (AvgIpc) is 3.12. The maximum absolute atomic E-state index is 13.1. The highest BCUT2D eigenvalue weighted by Gasteiger charge is 2.25. The van der Waals surface area contributed by atoms with E-state index in [2.05, 4.69) is 0 Å². The molecule has 2 rings (SSSR count). The molecule has 7 nitrogen and oxygen atoms in total. The summed E-state index contributed by atoms with van der Waals surface area (Å²) in [7, 11) is 5.14. The van der Waals surface area contributed by atoms with Crippen molar-refractivity contribution >= 4 is 11.8 Å². The maximum atomic E-state index is 13.1. The summed E-state index contributed by atoms with van der Waals surface area (Å²) in [6.07, 6.45) is 1.95. The largest absolute Gasteiger partial charge is 0.497 e. The van der Waals surface area contributed by atoms with Gasteiger partial charge in [-0.1, -0.05) is 0 Å². The van der Waals surface area contributed by atoms with Crippen molar-refractivity contribution in [3.05, 3.63) is 53.9 Å². The normalized spacial score (nSPS) is 10.8. The Labute approximate surface area is 172 Å². The van der Waals surface area contributed by atoms with Crippen LogP contribution in [0.25, 0.3) is 0 Å². The monoisotopic (exact) mass is 401 g/mol. The van der Waals surface area contributed by atoms with Gasteiger partial charge in [0.15, 0.2) is 0 Å². The van der Waals surface area contributed by atoms with Crippen molar-refractivity contribution in [2.24, 2.45) is 7.05 Å². The summed E-state index contributed by atoms with van der Waals surface area (Å²) in [5.74, 6) is 0.391. The first kappa shape index (κ1) is 22.5. The van der Waals surface area contributed by atoms with E-state index in [0.717, 1.165) is 5.69 Å². The van der Waals surface area contributed by atoms with Crippen molar-refractivity contribution in [2.75, 3.05) is 33.9 Å². The smallest absolute Gasteiger partial charge is 0.254 e. The van der Waals surface area contributed by atoms with Crippen molar-refractivity contribution in [3.63, 3.8) is 0 Å². The highest BCUT2D eigenvalue weighted by atomic mass is 16.5. The van der Waals surface area contributed by atoms with Gasteiger partial charge in [-0.15, -0.1) is 0 Å². The molecule has 2 aromatic rings. The summed E-state index contributed by atoms with van der Waals surface area (Å²) in [6.45, 7) is 5.19. The lowest BCUT2D eigenvalue weighted by Gasteiger charge is -2.30. The Morgan fingerprint density at radius 1 is 1.10 bits per heavy atom. The van der Waals surface area contributed by atoms with Gasteiger partial charge in [0.2, 0.25) is 5.91 Å². The first-order chi connectivity index (χ1) is 13.9. The zero-order valence-electron chi connectivity index (χ0n) is 17.9. The molecule has 1 aromatic heterocycles. The first-order valence-corrected chi connectivity index (χ1v) is 9.69. The molecule has 0 bridgehead atoms. The molecule has 0 aliphatic heterocycles. The third-order valence-electron chi connectivity index (χ3n) is 4.85. The van der Waals surface area contributed by atoms with Gasteiger partial charge in [-0.3, -0.25) is 9.59 Å². The molecule has 0 atom stereocenters. The number of hydrogen-bond acceptors (Lipinski definition) is 4. The molecule has 0 aliphatic carbocycles. The highest BCUT2D eigenvalue weighted by molar-refractivity contribution is 5.96. The van der Waals surface area contributed by atoms with Gasteiger partial charge in [0.05, 0.1) is 20.3 Å². The van der Waals surface area contributed by atoms with Crippen LogP contribution in [0.1, 0.15) is 29.9 Å². The number of hydrogen-bond donors (Lipinski definition) is 0. The van der Waals surface area contributed by atoms with Crippen molar-refractivity contribution < 1.29 is 19.1 Å². The minimum absolute atomic E-state index is 0.0106. The Balaban J connectivity index is 2.15. The zero-order valence-corrected chi connectivity index (χ0v) is 17.9. The van der Waals surface area contributed by atoms with E-state index in [1.807, 2.05) is 43.8 Å². The lowest BCUT2D eigenvalue weighted by atomic mass is 10.1. The number of carbonyl (C=O) groups is 2. The molecule has 0 saturated carbocycles. The summed E-state index contributed by atoms with van der Waals surface area (Å²) < 4.78 is 12.3. The molecule has 0 radical (unpaired) electrons. The quantitative estimate of drug-likeness (QED) is 0.614. The fourth-order valence-electron chi connectivity index (χ4n) is 2.98. The molecule has 1 heterocycles. The molecule has 1 aromatic carbocycles. The SMILES string of the molecule is COCCN(Cc1cccn1C)C(=O)CN(C(=O)c1ccc(OC)cc1)C(C)C. The summed E-state index contributed by atoms with van der Waals surface area (Å²) in [6, 6.07) is 10.7. The number of ether oxygens (including phenoxy) is 2. The number of nitrogens with zero attached hydrogens (tertiary/aromatic N) is 3. The third kappa shape index (κ3) is 6.09. The third-order valence-corrected chi connectivity index (χ3v) is 4.85. The van der Waals surface area contributed by atoms with Gasteiger partial charge < -0.3 is 23.8 Å². The van der Waals surface area contributed by atoms with E-state index in [4.69, 9.17) is 9.47 Å². The molecule has 0 aliphatic rings. The topological polar surface area (TPSA) is 64.0 Å². The van der Waals surface area contributed by atoms with Gasteiger partial charge in [0.25, 0.3) is 5.91 Å². The van der Waals surface area contributed by atoms with E-state index < -0.39 is 0 Å². The first-order valence-electron chi connectivity index (χ1n) is 9.69. The lowest BCUT2D eigenvalue weighted by molar-refractivity contribution is -0.133.